The lowest BCUT2D eigenvalue weighted by atomic mass is 9.88. The Hall–Kier alpha value is -3.38. The highest BCUT2D eigenvalue weighted by Gasteiger charge is 2.22. The number of nitrogens with zero attached hydrogens (tertiary/aromatic N) is 2. The molecular weight excluding hydrogens is 434 g/mol. The second-order valence-corrected chi connectivity index (χ2v) is 10.8. The molecule has 1 aliphatic carbocycles. The van der Waals surface area contributed by atoms with E-state index >= 15 is 0 Å². The fourth-order valence-electron chi connectivity index (χ4n) is 5.01. The molecule has 0 spiro atoms. The second-order valence-electron chi connectivity index (χ2n) is 10.8. The highest BCUT2D eigenvalue weighted by Crippen LogP contribution is 2.25. The Kier molecular flexibility index (Phi) is 6.48. The Labute approximate surface area is 206 Å². The van der Waals surface area contributed by atoms with Crippen LogP contribution in [0.2, 0.25) is 0 Å². The van der Waals surface area contributed by atoms with Crippen molar-refractivity contribution >= 4 is 16.6 Å². The van der Waals surface area contributed by atoms with Crippen LogP contribution in [0.1, 0.15) is 57.6 Å². The minimum absolute atomic E-state index is 0.0114. The zero-order valence-corrected chi connectivity index (χ0v) is 20.8. The summed E-state index contributed by atoms with van der Waals surface area (Å²) in [4.78, 5) is 12.8. The Morgan fingerprint density at radius 2 is 1.91 bits per heavy atom. The topological polar surface area (TPSA) is 74.7 Å². The lowest BCUT2D eigenvalue weighted by molar-refractivity contribution is 0.350. The van der Waals surface area contributed by atoms with Gasteiger partial charge >= 0.3 is 0 Å². The molecule has 6 nitrogen and oxygen atoms in total. The minimum atomic E-state index is -0.0390. The number of benzene rings is 2. The summed E-state index contributed by atoms with van der Waals surface area (Å²) < 4.78 is 1.73. The standard InChI is InChI=1S/C29H35N5O/c1-29(2,3)22-12-13-34(28(35)16-22)26-9-4-6-20(14-26)18-30-23-7-5-8-24(17-23)32-25-10-11-27-21(15-25)19-31-33-27/h4,6,9-16,19,23-24,30,32H,5,7-8,17-18H2,1-3H3,(H,31,33)/t23-,24+/m0/s1. The number of aromatic amines is 1. The van der Waals surface area contributed by atoms with Crippen LogP contribution in [0.4, 0.5) is 5.69 Å². The number of fused-ring (bicyclic) bond motifs is 1. The quantitative estimate of drug-likeness (QED) is 0.347. The van der Waals surface area contributed by atoms with Crippen molar-refractivity contribution in [3.63, 3.8) is 0 Å². The first-order chi connectivity index (χ1) is 16.8. The van der Waals surface area contributed by atoms with Crippen LogP contribution in [0.3, 0.4) is 0 Å². The van der Waals surface area contributed by atoms with Gasteiger partial charge in [-0.2, -0.15) is 5.10 Å². The summed E-state index contributed by atoms with van der Waals surface area (Å²) in [6.07, 6.45) is 8.44. The van der Waals surface area contributed by atoms with E-state index in [4.69, 9.17) is 0 Å². The maximum absolute atomic E-state index is 12.8. The van der Waals surface area contributed by atoms with Crippen molar-refractivity contribution in [1.29, 1.82) is 0 Å². The SMILES string of the molecule is CC(C)(C)c1ccn(-c2cccc(CN[C@H]3CCC[C@@H](Nc4ccc5[nH]ncc5c4)C3)c2)c(=O)c1. The lowest BCUT2D eigenvalue weighted by Gasteiger charge is -2.31. The minimum Gasteiger partial charge on any atom is -0.382 e. The number of H-pyrrole nitrogens is 1. The van der Waals surface area contributed by atoms with Gasteiger partial charge in [0.25, 0.3) is 5.56 Å². The average Bonchev–Trinajstić information content (AvgIpc) is 3.31. The monoisotopic (exact) mass is 469 g/mol. The number of hydrogen-bond donors (Lipinski definition) is 3. The predicted molar refractivity (Wildman–Crippen MR) is 143 cm³/mol. The van der Waals surface area contributed by atoms with Crippen LogP contribution in [0.25, 0.3) is 16.6 Å². The number of hydrogen-bond acceptors (Lipinski definition) is 4. The van der Waals surface area contributed by atoms with Gasteiger partial charge in [-0.05, 0) is 78.6 Å². The van der Waals surface area contributed by atoms with Crippen molar-refractivity contribution in [3.05, 3.63) is 88.5 Å². The molecule has 3 N–H and O–H groups in total. The zero-order valence-electron chi connectivity index (χ0n) is 20.8. The van der Waals surface area contributed by atoms with E-state index in [2.05, 4.69) is 71.9 Å². The van der Waals surface area contributed by atoms with E-state index in [1.807, 2.05) is 30.6 Å². The molecule has 35 heavy (non-hydrogen) atoms. The van der Waals surface area contributed by atoms with Crippen molar-refractivity contribution < 1.29 is 0 Å². The first-order valence-corrected chi connectivity index (χ1v) is 12.6. The van der Waals surface area contributed by atoms with Gasteiger partial charge in [0.2, 0.25) is 0 Å². The van der Waals surface area contributed by atoms with E-state index < -0.39 is 0 Å². The van der Waals surface area contributed by atoms with Gasteiger partial charge in [0, 0.05) is 47.7 Å². The molecule has 0 amide bonds. The first kappa shape index (κ1) is 23.4. The normalized spacial score (nSPS) is 18.6. The number of rotatable bonds is 6. The molecule has 0 bridgehead atoms. The first-order valence-electron chi connectivity index (χ1n) is 12.6. The summed E-state index contributed by atoms with van der Waals surface area (Å²) in [5.41, 5.74) is 5.35. The molecule has 1 aliphatic rings. The molecule has 5 rings (SSSR count). The highest BCUT2D eigenvalue weighted by atomic mass is 16.1. The predicted octanol–water partition coefficient (Wildman–Crippen LogP) is 5.52. The maximum atomic E-state index is 12.8. The van der Waals surface area contributed by atoms with Crippen molar-refractivity contribution in [3.8, 4) is 5.69 Å². The Morgan fingerprint density at radius 3 is 2.74 bits per heavy atom. The molecule has 2 aromatic heterocycles. The molecule has 1 saturated carbocycles. The van der Waals surface area contributed by atoms with Crippen molar-refractivity contribution in [2.24, 2.45) is 0 Å². The molecule has 2 heterocycles. The third-order valence-corrected chi connectivity index (χ3v) is 7.05. The molecule has 182 valence electrons. The van der Waals surface area contributed by atoms with E-state index in [9.17, 15) is 4.79 Å². The fourth-order valence-corrected chi connectivity index (χ4v) is 5.01. The van der Waals surface area contributed by atoms with Crippen molar-refractivity contribution in [2.75, 3.05) is 5.32 Å². The Bertz CT molecular complexity index is 1360. The van der Waals surface area contributed by atoms with Crippen LogP contribution in [0, 0.1) is 0 Å². The molecule has 0 saturated heterocycles. The summed E-state index contributed by atoms with van der Waals surface area (Å²) in [6, 6.07) is 19.4. The summed E-state index contributed by atoms with van der Waals surface area (Å²) in [5, 5.41) is 15.7. The third-order valence-electron chi connectivity index (χ3n) is 7.05. The van der Waals surface area contributed by atoms with Crippen LogP contribution < -0.4 is 16.2 Å². The van der Waals surface area contributed by atoms with Crippen LogP contribution in [-0.2, 0) is 12.0 Å². The third kappa shape index (κ3) is 5.49. The number of aromatic nitrogens is 3. The van der Waals surface area contributed by atoms with Gasteiger partial charge in [0.15, 0.2) is 0 Å². The summed E-state index contributed by atoms with van der Waals surface area (Å²) in [5.74, 6) is 0. The molecule has 0 aliphatic heterocycles. The van der Waals surface area contributed by atoms with E-state index in [1.165, 1.54) is 24.8 Å². The van der Waals surface area contributed by atoms with Crippen LogP contribution >= 0.6 is 0 Å². The largest absolute Gasteiger partial charge is 0.382 e. The Morgan fingerprint density at radius 1 is 1.06 bits per heavy atom. The van der Waals surface area contributed by atoms with Crippen LogP contribution in [0.15, 0.2) is 71.8 Å². The van der Waals surface area contributed by atoms with Gasteiger partial charge in [-0.25, -0.2) is 0 Å². The highest BCUT2D eigenvalue weighted by molar-refractivity contribution is 5.81. The summed E-state index contributed by atoms with van der Waals surface area (Å²) in [6.45, 7) is 7.17. The summed E-state index contributed by atoms with van der Waals surface area (Å²) in [7, 11) is 0. The van der Waals surface area contributed by atoms with Gasteiger partial charge in [0.1, 0.15) is 0 Å². The van der Waals surface area contributed by atoms with E-state index in [0.717, 1.165) is 40.8 Å². The summed E-state index contributed by atoms with van der Waals surface area (Å²) >= 11 is 0. The number of nitrogens with one attached hydrogen (secondary N) is 3. The van der Waals surface area contributed by atoms with E-state index in [1.54, 1.807) is 10.6 Å². The molecule has 0 radical (unpaired) electrons. The Balaban J connectivity index is 1.21. The number of pyridine rings is 1. The molecular formula is C29H35N5O. The van der Waals surface area contributed by atoms with E-state index in [-0.39, 0.29) is 11.0 Å². The molecule has 2 atom stereocenters. The van der Waals surface area contributed by atoms with Crippen LogP contribution in [-0.4, -0.2) is 26.8 Å². The number of anilines is 1. The van der Waals surface area contributed by atoms with Gasteiger partial charge in [-0.15, -0.1) is 0 Å². The molecule has 6 heteroatoms. The molecule has 4 aromatic rings. The van der Waals surface area contributed by atoms with Gasteiger partial charge in [-0.1, -0.05) is 32.9 Å². The molecule has 1 fully saturated rings. The maximum Gasteiger partial charge on any atom is 0.255 e. The fraction of sp³-hybridized carbons (Fsp3) is 0.379. The van der Waals surface area contributed by atoms with Crippen molar-refractivity contribution in [1.82, 2.24) is 20.1 Å². The van der Waals surface area contributed by atoms with Gasteiger partial charge < -0.3 is 10.6 Å². The second kappa shape index (κ2) is 9.70. The van der Waals surface area contributed by atoms with Crippen molar-refractivity contribution in [2.45, 2.75) is 70.5 Å². The zero-order chi connectivity index (χ0) is 24.4. The molecule has 2 aromatic carbocycles. The van der Waals surface area contributed by atoms with Crippen LogP contribution in [0.5, 0.6) is 0 Å². The average molecular weight is 470 g/mol. The lowest BCUT2D eigenvalue weighted by Crippen LogP contribution is -2.38. The van der Waals surface area contributed by atoms with Gasteiger partial charge in [-0.3, -0.25) is 14.5 Å². The smallest absolute Gasteiger partial charge is 0.255 e. The van der Waals surface area contributed by atoms with Gasteiger partial charge in [0.05, 0.1) is 11.7 Å². The van der Waals surface area contributed by atoms with E-state index in [0.29, 0.717) is 12.1 Å². The molecule has 0 unspecified atom stereocenters.